The molecule has 0 saturated heterocycles. The molecule has 4 rings (SSSR count). The molecule has 0 heterocycles. The van der Waals surface area contributed by atoms with Gasteiger partial charge in [-0.25, -0.2) is 0 Å². The third-order valence-electron chi connectivity index (χ3n) is 6.41. The van der Waals surface area contributed by atoms with Gasteiger partial charge in [0.1, 0.15) is 0 Å². The Balaban J connectivity index is 1.59. The average molecular weight is 450 g/mol. The van der Waals surface area contributed by atoms with Crippen molar-refractivity contribution in [3.05, 3.63) is 77.9 Å². The Morgan fingerprint density at radius 3 is 2.33 bits per heavy atom. The molecule has 1 amide bonds. The number of amides is 1. The van der Waals surface area contributed by atoms with E-state index in [0.717, 1.165) is 47.6 Å². The first-order chi connectivity index (χ1) is 15.9. The van der Waals surface area contributed by atoms with Crippen molar-refractivity contribution in [2.75, 3.05) is 4.90 Å². The molecule has 0 bridgehead atoms. The first-order valence-corrected chi connectivity index (χ1v) is 11.7. The summed E-state index contributed by atoms with van der Waals surface area (Å²) in [4.78, 5) is 26.7. The predicted octanol–water partition coefficient (Wildman–Crippen LogP) is 6.52. The minimum Gasteiger partial charge on any atom is -0.308 e. The van der Waals surface area contributed by atoms with Gasteiger partial charge in [0.2, 0.25) is 11.7 Å². The van der Waals surface area contributed by atoms with Gasteiger partial charge in [0.05, 0.1) is 12.5 Å². The number of Topliss-reactive ketones (excluding diaryl/α,β-unsaturated/α-hetero) is 1. The minimum atomic E-state index is -3.38. The van der Waals surface area contributed by atoms with Crippen LogP contribution in [0.15, 0.2) is 66.7 Å². The maximum absolute atomic E-state index is 14.1. The molecule has 0 aromatic heterocycles. The lowest BCUT2D eigenvalue weighted by Crippen LogP contribution is -2.40. The van der Waals surface area contributed by atoms with Crippen LogP contribution in [0.4, 0.5) is 14.5 Å². The van der Waals surface area contributed by atoms with E-state index in [4.69, 9.17) is 0 Å². The van der Waals surface area contributed by atoms with E-state index in [2.05, 4.69) is 6.92 Å². The van der Waals surface area contributed by atoms with Crippen LogP contribution < -0.4 is 4.90 Å². The molecule has 0 N–H and O–H groups in total. The van der Waals surface area contributed by atoms with Gasteiger partial charge in [-0.05, 0) is 46.9 Å². The molecule has 0 unspecified atom stereocenters. The molecule has 1 saturated carbocycles. The summed E-state index contributed by atoms with van der Waals surface area (Å²) in [5.41, 5.74) is 2.54. The number of benzene rings is 3. The molecule has 1 aliphatic carbocycles. The quantitative estimate of drug-likeness (QED) is 0.367. The number of hydrogen-bond acceptors (Lipinski definition) is 2. The fraction of sp³-hybridized carbons (Fsp3) is 0.357. The minimum absolute atomic E-state index is 0.0827. The van der Waals surface area contributed by atoms with E-state index in [1.54, 1.807) is 0 Å². The molecule has 172 valence electrons. The fourth-order valence-electron chi connectivity index (χ4n) is 4.60. The first-order valence-electron chi connectivity index (χ1n) is 11.7. The molecule has 0 spiro atoms. The van der Waals surface area contributed by atoms with E-state index in [9.17, 15) is 18.4 Å². The van der Waals surface area contributed by atoms with Gasteiger partial charge in [-0.3, -0.25) is 9.59 Å². The standard InChI is InChI=1S/C28H29F2NO2/c1-2-3-4-7-20-11-14-24(15-12-20)31(25-18-26(32)28(29,30)19-25)27(33)17-21-10-13-22-8-5-6-9-23(22)16-21/h5-6,8-16,25H,2-4,7,17-19H2,1H3/t25-/m0/s1. The summed E-state index contributed by atoms with van der Waals surface area (Å²) in [5.74, 6) is -4.75. The lowest BCUT2D eigenvalue weighted by Gasteiger charge is -2.29. The number of fused-ring (bicyclic) bond motifs is 1. The van der Waals surface area contributed by atoms with Gasteiger partial charge in [-0.2, -0.15) is 8.78 Å². The van der Waals surface area contributed by atoms with Crippen LogP contribution in [0.2, 0.25) is 0 Å². The summed E-state index contributed by atoms with van der Waals surface area (Å²) < 4.78 is 28.2. The molecule has 3 aromatic carbocycles. The van der Waals surface area contributed by atoms with E-state index in [1.807, 2.05) is 66.7 Å². The molecule has 3 nitrogen and oxygen atoms in total. The Morgan fingerprint density at radius 2 is 1.67 bits per heavy atom. The largest absolute Gasteiger partial charge is 0.308 e. The lowest BCUT2D eigenvalue weighted by molar-refractivity contribution is -0.138. The van der Waals surface area contributed by atoms with Crippen LogP contribution in [-0.2, 0) is 22.4 Å². The predicted molar refractivity (Wildman–Crippen MR) is 128 cm³/mol. The van der Waals surface area contributed by atoms with Crippen molar-refractivity contribution in [1.82, 2.24) is 0 Å². The zero-order valence-electron chi connectivity index (χ0n) is 18.9. The van der Waals surface area contributed by atoms with Crippen LogP contribution in [-0.4, -0.2) is 23.7 Å². The number of nitrogens with zero attached hydrogens (tertiary/aromatic N) is 1. The zero-order chi connectivity index (χ0) is 23.4. The third kappa shape index (κ3) is 5.29. The molecule has 33 heavy (non-hydrogen) atoms. The first kappa shape index (κ1) is 23.1. The highest BCUT2D eigenvalue weighted by molar-refractivity contribution is 5.98. The van der Waals surface area contributed by atoms with Gasteiger partial charge in [0.15, 0.2) is 0 Å². The van der Waals surface area contributed by atoms with E-state index in [-0.39, 0.29) is 18.7 Å². The van der Waals surface area contributed by atoms with E-state index in [1.165, 1.54) is 4.90 Å². The smallest absolute Gasteiger partial charge is 0.307 e. The topological polar surface area (TPSA) is 37.4 Å². The summed E-state index contributed by atoms with van der Waals surface area (Å²) >= 11 is 0. The van der Waals surface area contributed by atoms with E-state index < -0.39 is 24.2 Å². The maximum Gasteiger partial charge on any atom is 0.307 e. The Bertz CT molecular complexity index is 1140. The molecule has 5 heteroatoms. The number of aryl methyl sites for hydroxylation is 1. The molecule has 0 radical (unpaired) electrons. The van der Waals surface area contributed by atoms with Crippen LogP contribution in [0.3, 0.4) is 0 Å². The molecule has 1 atom stereocenters. The van der Waals surface area contributed by atoms with E-state index >= 15 is 0 Å². The number of halogens is 2. The van der Waals surface area contributed by atoms with Crippen LogP contribution >= 0.6 is 0 Å². The van der Waals surface area contributed by atoms with Gasteiger partial charge in [-0.15, -0.1) is 0 Å². The Kier molecular flexibility index (Phi) is 6.87. The Hall–Kier alpha value is -3.08. The van der Waals surface area contributed by atoms with Crippen LogP contribution in [0.1, 0.15) is 50.2 Å². The summed E-state index contributed by atoms with van der Waals surface area (Å²) in [6.07, 6.45) is 3.45. The molecule has 0 aliphatic heterocycles. The Labute approximate surface area is 193 Å². The summed E-state index contributed by atoms with van der Waals surface area (Å²) in [5, 5.41) is 2.10. The van der Waals surface area contributed by atoms with Crippen molar-refractivity contribution in [1.29, 1.82) is 0 Å². The Morgan fingerprint density at radius 1 is 0.970 bits per heavy atom. The number of rotatable bonds is 8. The lowest BCUT2D eigenvalue weighted by atomic mass is 10.0. The highest BCUT2D eigenvalue weighted by Gasteiger charge is 2.50. The molecular formula is C28H29F2NO2. The second kappa shape index (κ2) is 9.82. The van der Waals surface area contributed by atoms with Gasteiger partial charge in [0.25, 0.3) is 0 Å². The van der Waals surface area contributed by atoms with Crippen molar-refractivity contribution < 1.29 is 18.4 Å². The van der Waals surface area contributed by atoms with Gasteiger partial charge in [0, 0.05) is 18.5 Å². The van der Waals surface area contributed by atoms with Crippen molar-refractivity contribution in [2.45, 2.75) is 63.8 Å². The zero-order valence-corrected chi connectivity index (χ0v) is 18.9. The number of hydrogen-bond donors (Lipinski definition) is 0. The van der Waals surface area contributed by atoms with Crippen LogP contribution in [0.25, 0.3) is 10.8 Å². The van der Waals surface area contributed by atoms with Crippen LogP contribution in [0.5, 0.6) is 0 Å². The van der Waals surface area contributed by atoms with Gasteiger partial charge in [-0.1, -0.05) is 74.4 Å². The SMILES string of the molecule is CCCCCc1ccc(N(C(=O)Cc2ccc3ccccc3c2)[C@H]2CC(=O)C(F)(F)C2)cc1. The summed E-state index contributed by atoms with van der Waals surface area (Å²) in [6, 6.07) is 20.4. The maximum atomic E-state index is 14.1. The average Bonchev–Trinajstić information content (AvgIpc) is 3.06. The second-order valence-electron chi connectivity index (χ2n) is 8.94. The highest BCUT2D eigenvalue weighted by Crippen LogP contribution is 2.37. The molecule has 1 aliphatic rings. The number of anilines is 1. The molecule has 1 fully saturated rings. The van der Waals surface area contributed by atoms with Crippen molar-refractivity contribution >= 4 is 28.2 Å². The number of ketones is 1. The normalized spacial score (nSPS) is 17.4. The summed E-state index contributed by atoms with van der Waals surface area (Å²) in [7, 11) is 0. The number of alkyl halides is 2. The van der Waals surface area contributed by atoms with Crippen molar-refractivity contribution in [3.8, 4) is 0 Å². The number of carbonyl (C=O) groups is 2. The third-order valence-corrected chi connectivity index (χ3v) is 6.41. The highest BCUT2D eigenvalue weighted by atomic mass is 19.3. The van der Waals surface area contributed by atoms with Gasteiger partial charge >= 0.3 is 5.92 Å². The van der Waals surface area contributed by atoms with Crippen molar-refractivity contribution in [3.63, 3.8) is 0 Å². The second-order valence-corrected chi connectivity index (χ2v) is 8.94. The van der Waals surface area contributed by atoms with Crippen molar-refractivity contribution in [2.24, 2.45) is 0 Å². The monoisotopic (exact) mass is 449 g/mol. The molecular weight excluding hydrogens is 420 g/mol. The van der Waals surface area contributed by atoms with Crippen LogP contribution in [0, 0.1) is 0 Å². The van der Waals surface area contributed by atoms with E-state index in [0.29, 0.717) is 5.69 Å². The molecule has 3 aromatic rings. The number of carbonyl (C=O) groups excluding carboxylic acids is 2. The number of unbranched alkanes of at least 4 members (excludes halogenated alkanes) is 2. The van der Waals surface area contributed by atoms with Gasteiger partial charge < -0.3 is 4.90 Å². The summed E-state index contributed by atoms with van der Waals surface area (Å²) in [6.45, 7) is 2.15. The fourth-order valence-corrected chi connectivity index (χ4v) is 4.60.